The summed E-state index contributed by atoms with van der Waals surface area (Å²) >= 11 is 0. The van der Waals surface area contributed by atoms with Crippen LogP contribution in [0.15, 0.2) is 6.07 Å². The molecule has 0 saturated heterocycles. The van der Waals surface area contributed by atoms with E-state index >= 15 is 0 Å². The van der Waals surface area contributed by atoms with Crippen molar-refractivity contribution >= 4 is 9.24 Å². The number of rotatable bonds is 1. The molecule has 0 fully saturated rings. The second-order valence-electron chi connectivity index (χ2n) is 2.12. The van der Waals surface area contributed by atoms with Crippen molar-refractivity contribution in [2.45, 2.75) is 6.16 Å². The molecule has 0 atom stereocenters. The van der Waals surface area contributed by atoms with Crippen molar-refractivity contribution in [2.75, 3.05) is 0 Å². The van der Waals surface area contributed by atoms with Gasteiger partial charge in [0, 0.05) is 6.16 Å². The lowest BCUT2D eigenvalue weighted by Gasteiger charge is -2.01. The average Bonchev–Trinajstić information content (AvgIpc) is 2.08. The Morgan fingerprint density at radius 1 is 1.00 bits per heavy atom. The molecule has 0 nitrogen and oxygen atoms in total. The summed E-state index contributed by atoms with van der Waals surface area (Å²) in [7, 11) is 3.61. The van der Waals surface area contributed by atoms with E-state index in [4.69, 9.17) is 0 Å². The summed E-state index contributed by atoms with van der Waals surface area (Å²) in [4.78, 5) is 0. The minimum absolute atomic E-state index is 0.181. The van der Waals surface area contributed by atoms with Gasteiger partial charge in [0.15, 0.2) is 23.3 Å². The Kier molecular flexibility index (Phi) is 2.68. The van der Waals surface area contributed by atoms with Gasteiger partial charge < -0.3 is 0 Å². The van der Waals surface area contributed by atoms with Crippen LogP contribution in [0.5, 0.6) is 0 Å². The summed E-state index contributed by atoms with van der Waals surface area (Å²) < 4.78 is 49.7. The molecule has 1 rings (SSSR count). The van der Waals surface area contributed by atoms with Crippen molar-refractivity contribution < 1.29 is 17.6 Å². The Hall–Kier alpha value is -0.630. The van der Waals surface area contributed by atoms with Crippen molar-refractivity contribution in [1.82, 2.24) is 0 Å². The van der Waals surface area contributed by atoms with Gasteiger partial charge in [0.25, 0.3) is 0 Å². The number of benzene rings is 1. The third-order valence-corrected chi connectivity index (χ3v) is 1.69. The van der Waals surface area contributed by atoms with Crippen molar-refractivity contribution in [3.8, 4) is 0 Å². The summed E-state index contributed by atoms with van der Waals surface area (Å²) in [6, 6.07) is 0.584. The maximum atomic E-state index is 12.6. The monoisotopic (exact) mass is 194 g/mol. The van der Waals surface area contributed by atoms with E-state index in [1.165, 1.54) is 0 Å². The van der Waals surface area contributed by atoms with Crippen LogP contribution in [0.1, 0.15) is 5.56 Å². The number of hydrogen-bond donors (Lipinski definition) is 0. The first-order valence-electron chi connectivity index (χ1n) is 3.00. The van der Waals surface area contributed by atoms with Gasteiger partial charge in [-0.05, 0) is 20.9 Å². The topological polar surface area (TPSA) is 0 Å². The minimum atomic E-state index is -1.79. The van der Waals surface area contributed by atoms with E-state index in [-0.39, 0.29) is 11.7 Å². The van der Waals surface area contributed by atoms with Crippen LogP contribution in [0.3, 0.4) is 0 Å². The molecule has 2 radical (unpaired) electrons. The molecule has 0 N–H and O–H groups in total. The van der Waals surface area contributed by atoms with Gasteiger partial charge >= 0.3 is 0 Å². The minimum Gasteiger partial charge on any atom is -0.204 e. The summed E-state index contributed by atoms with van der Waals surface area (Å²) in [5.74, 6) is -6.38. The van der Waals surface area contributed by atoms with E-state index in [2.05, 4.69) is 9.24 Å². The average molecular weight is 194 g/mol. The molecular weight excluding hydrogens is 191 g/mol. The van der Waals surface area contributed by atoms with E-state index in [1.54, 1.807) is 0 Å². The van der Waals surface area contributed by atoms with Crippen LogP contribution >= 0.6 is 9.24 Å². The first-order valence-corrected chi connectivity index (χ1v) is 3.64. The molecule has 0 amide bonds. The molecular formula is C7H3F4P. The third-order valence-electron chi connectivity index (χ3n) is 1.35. The van der Waals surface area contributed by atoms with Crippen molar-refractivity contribution in [2.24, 2.45) is 0 Å². The number of halogens is 4. The summed E-state index contributed by atoms with van der Waals surface area (Å²) in [5.41, 5.74) is -0.297. The van der Waals surface area contributed by atoms with Gasteiger partial charge in [0.1, 0.15) is 0 Å². The van der Waals surface area contributed by atoms with E-state index in [9.17, 15) is 17.6 Å². The molecule has 0 spiro atoms. The van der Waals surface area contributed by atoms with Gasteiger partial charge in [0.2, 0.25) is 0 Å². The highest BCUT2D eigenvalue weighted by molar-refractivity contribution is 7.15. The zero-order chi connectivity index (χ0) is 9.30. The maximum Gasteiger partial charge on any atom is 0.197 e. The smallest absolute Gasteiger partial charge is 0.197 e. The van der Waals surface area contributed by atoms with Crippen LogP contribution in [-0.2, 0) is 6.16 Å². The molecule has 64 valence electrons. The Morgan fingerprint density at radius 3 is 2.08 bits per heavy atom. The maximum absolute atomic E-state index is 12.6. The fraction of sp³-hybridized carbons (Fsp3) is 0.143. The molecule has 1 aromatic carbocycles. The van der Waals surface area contributed by atoms with Crippen LogP contribution in [0.2, 0.25) is 0 Å². The molecule has 0 aliphatic carbocycles. The lowest BCUT2D eigenvalue weighted by atomic mass is 10.2. The molecule has 0 unspecified atom stereocenters. The molecule has 0 aliphatic rings. The molecule has 0 aliphatic heterocycles. The predicted molar refractivity (Wildman–Crippen MR) is 36.9 cm³/mol. The van der Waals surface area contributed by atoms with Gasteiger partial charge in [-0.25, -0.2) is 17.6 Å². The van der Waals surface area contributed by atoms with Crippen LogP contribution in [0.25, 0.3) is 0 Å². The SMILES string of the molecule is Fc1cc(C[P])c(F)c(F)c1F. The Morgan fingerprint density at radius 2 is 1.58 bits per heavy atom. The summed E-state index contributed by atoms with van der Waals surface area (Å²) in [6.07, 6.45) is -0.181. The predicted octanol–water partition coefficient (Wildman–Crippen LogP) is 3.15. The van der Waals surface area contributed by atoms with Gasteiger partial charge in [-0.2, -0.15) is 0 Å². The summed E-state index contributed by atoms with van der Waals surface area (Å²) in [5, 5.41) is 0. The molecule has 0 heterocycles. The van der Waals surface area contributed by atoms with Gasteiger partial charge in [-0.3, -0.25) is 0 Å². The quantitative estimate of drug-likeness (QED) is 0.279. The molecule has 0 saturated carbocycles. The Labute approximate surface area is 68.8 Å². The zero-order valence-electron chi connectivity index (χ0n) is 5.74. The van der Waals surface area contributed by atoms with Crippen LogP contribution < -0.4 is 0 Å². The molecule has 0 aromatic heterocycles. The van der Waals surface area contributed by atoms with Crippen molar-refractivity contribution in [3.63, 3.8) is 0 Å². The van der Waals surface area contributed by atoms with Gasteiger partial charge in [0.05, 0.1) is 0 Å². The second kappa shape index (κ2) is 3.40. The lowest BCUT2D eigenvalue weighted by Crippen LogP contribution is -1.99. The lowest BCUT2D eigenvalue weighted by molar-refractivity contribution is 0.405. The molecule has 1 aromatic rings. The van der Waals surface area contributed by atoms with Crippen LogP contribution in [-0.4, -0.2) is 0 Å². The Balaban J connectivity index is 3.39. The highest BCUT2D eigenvalue weighted by Gasteiger charge is 2.17. The molecule has 12 heavy (non-hydrogen) atoms. The van der Waals surface area contributed by atoms with E-state index < -0.39 is 23.3 Å². The highest BCUT2D eigenvalue weighted by Crippen LogP contribution is 2.20. The first-order chi connectivity index (χ1) is 5.57. The second-order valence-corrected chi connectivity index (χ2v) is 2.43. The van der Waals surface area contributed by atoms with Crippen LogP contribution in [0.4, 0.5) is 17.6 Å². The van der Waals surface area contributed by atoms with E-state index in [0.717, 1.165) is 0 Å². The van der Waals surface area contributed by atoms with Crippen LogP contribution in [0, 0.1) is 23.3 Å². The Bertz CT molecular complexity index is 311. The van der Waals surface area contributed by atoms with E-state index in [0.29, 0.717) is 6.07 Å². The fourth-order valence-corrected chi connectivity index (χ4v) is 0.967. The fourth-order valence-electron chi connectivity index (χ4n) is 0.737. The van der Waals surface area contributed by atoms with Gasteiger partial charge in [-0.1, -0.05) is 0 Å². The molecule has 0 bridgehead atoms. The third kappa shape index (κ3) is 1.44. The van der Waals surface area contributed by atoms with E-state index in [1.807, 2.05) is 0 Å². The highest BCUT2D eigenvalue weighted by atomic mass is 31.0. The first kappa shape index (κ1) is 9.46. The van der Waals surface area contributed by atoms with Crippen molar-refractivity contribution in [1.29, 1.82) is 0 Å². The number of hydrogen-bond acceptors (Lipinski definition) is 0. The van der Waals surface area contributed by atoms with Gasteiger partial charge in [-0.15, -0.1) is 0 Å². The summed E-state index contributed by atoms with van der Waals surface area (Å²) in [6.45, 7) is 0. The van der Waals surface area contributed by atoms with Crippen molar-refractivity contribution in [3.05, 3.63) is 34.9 Å². The standard InChI is InChI=1S/C7H3F4P/c8-4-1-3(2-12)5(9)7(11)6(4)10/h1H,2H2. The normalized spacial score (nSPS) is 10.4. The molecule has 5 heteroatoms. The zero-order valence-corrected chi connectivity index (χ0v) is 6.64. The largest absolute Gasteiger partial charge is 0.204 e.